The van der Waals surface area contributed by atoms with Crippen LogP contribution in [-0.2, 0) is 0 Å². The van der Waals surface area contributed by atoms with E-state index >= 15 is 0 Å². The molecule has 0 saturated carbocycles. The zero-order valence-corrected chi connectivity index (χ0v) is 17.6. The molecule has 2 aliphatic heterocycles. The van der Waals surface area contributed by atoms with Gasteiger partial charge in [-0.25, -0.2) is 4.79 Å². The van der Waals surface area contributed by atoms with Gasteiger partial charge in [-0.2, -0.15) is 0 Å². The highest BCUT2D eigenvalue weighted by atomic mass is 16.2. The second kappa shape index (κ2) is 8.47. The lowest BCUT2D eigenvalue weighted by Gasteiger charge is -2.38. The molecule has 6 nitrogen and oxygen atoms in total. The number of anilines is 1. The molecule has 4 rings (SSSR count). The first-order valence-corrected chi connectivity index (χ1v) is 10.9. The fourth-order valence-corrected chi connectivity index (χ4v) is 4.78. The van der Waals surface area contributed by atoms with Crippen LogP contribution >= 0.6 is 0 Å². The Morgan fingerprint density at radius 2 is 1.79 bits per heavy atom. The average molecular weight is 397 g/mol. The minimum absolute atomic E-state index is 0.0466. The molecule has 2 heterocycles. The van der Waals surface area contributed by atoms with Gasteiger partial charge in [0.05, 0.1) is 0 Å². The van der Waals surface area contributed by atoms with Gasteiger partial charge >= 0.3 is 6.03 Å². The summed E-state index contributed by atoms with van der Waals surface area (Å²) in [5.74, 6) is 0.701. The molecular formula is C23H32N4O2. The number of nitrogens with one attached hydrogen (secondary N) is 1. The normalized spacial score (nSPS) is 24.0. The number of hydrogen-bond donors (Lipinski definition) is 1. The summed E-state index contributed by atoms with van der Waals surface area (Å²) in [4.78, 5) is 30.9. The molecule has 0 bridgehead atoms. The molecule has 3 aliphatic rings. The van der Waals surface area contributed by atoms with E-state index in [1.807, 2.05) is 29.2 Å². The van der Waals surface area contributed by atoms with Crippen molar-refractivity contribution in [2.45, 2.75) is 44.6 Å². The summed E-state index contributed by atoms with van der Waals surface area (Å²) in [5, 5.41) is 3.06. The lowest BCUT2D eigenvalue weighted by molar-refractivity contribution is 0.0749. The molecule has 1 N–H and O–H groups in total. The van der Waals surface area contributed by atoms with Crippen molar-refractivity contribution in [3.63, 3.8) is 0 Å². The van der Waals surface area contributed by atoms with Gasteiger partial charge in [-0.15, -0.1) is 0 Å². The fraction of sp³-hybridized carbons (Fsp3) is 0.565. The highest BCUT2D eigenvalue weighted by molar-refractivity contribution is 5.95. The van der Waals surface area contributed by atoms with E-state index in [1.54, 1.807) is 19.0 Å². The van der Waals surface area contributed by atoms with Crippen LogP contribution in [-0.4, -0.2) is 61.5 Å². The van der Waals surface area contributed by atoms with Crippen LogP contribution < -0.4 is 10.2 Å². The van der Waals surface area contributed by atoms with Crippen molar-refractivity contribution in [1.29, 1.82) is 0 Å². The quantitative estimate of drug-likeness (QED) is 0.851. The number of rotatable bonds is 3. The number of benzene rings is 1. The van der Waals surface area contributed by atoms with Gasteiger partial charge in [-0.1, -0.05) is 6.08 Å². The molecule has 1 unspecified atom stereocenters. The SMILES string of the molecule is CN(C)C(=O)NC1CCN(c2ccc(C(=O)N3CCC[C@H]4CCCC=C43)cc2)C1. The number of nitrogens with zero attached hydrogens (tertiary/aromatic N) is 3. The van der Waals surface area contributed by atoms with Gasteiger partial charge in [0.15, 0.2) is 0 Å². The highest BCUT2D eigenvalue weighted by Crippen LogP contribution is 2.35. The van der Waals surface area contributed by atoms with Gasteiger partial charge in [0, 0.05) is 56.7 Å². The minimum atomic E-state index is -0.0466. The Hall–Kier alpha value is -2.50. The molecule has 0 spiro atoms. The van der Waals surface area contributed by atoms with E-state index in [0.29, 0.717) is 5.92 Å². The summed E-state index contributed by atoms with van der Waals surface area (Å²) in [7, 11) is 3.51. The van der Waals surface area contributed by atoms with Crippen LogP contribution in [0.15, 0.2) is 36.0 Å². The van der Waals surface area contributed by atoms with Crippen molar-refractivity contribution >= 4 is 17.6 Å². The summed E-state index contributed by atoms with van der Waals surface area (Å²) in [6.07, 6.45) is 9.09. The van der Waals surface area contributed by atoms with E-state index in [1.165, 1.54) is 25.0 Å². The second-order valence-corrected chi connectivity index (χ2v) is 8.68. The zero-order chi connectivity index (χ0) is 20.4. The van der Waals surface area contributed by atoms with Crippen LogP contribution in [0.3, 0.4) is 0 Å². The van der Waals surface area contributed by atoms with Crippen LogP contribution in [0, 0.1) is 5.92 Å². The molecule has 2 atom stereocenters. The van der Waals surface area contributed by atoms with Crippen molar-refractivity contribution in [3.05, 3.63) is 41.6 Å². The summed E-state index contributed by atoms with van der Waals surface area (Å²) in [6.45, 7) is 2.54. The molecule has 3 amide bonds. The average Bonchev–Trinajstić information content (AvgIpc) is 3.21. The molecule has 156 valence electrons. The van der Waals surface area contributed by atoms with Gasteiger partial charge in [0.25, 0.3) is 5.91 Å². The predicted molar refractivity (Wildman–Crippen MR) is 115 cm³/mol. The molecule has 29 heavy (non-hydrogen) atoms. The second-order valence-electron chi connectivity index (χ2n) is 8.68. The first kappa shape index (κ1) is 19.8. The van der Waals surface area contributed by atoms with Crippen molar-refractivity contribution in [2.24, 2.45) is 5.92 Å². The Balaban J connectivity index is 1.40. The Morgan fingerprint density at radius 1 is 1.03 bits per heavy atom. The highest BCUT2D eigenvalue weighted by Gasteiger charge is 2.31. The third kappa shape index (κ3) is 4.26. The Bertz CT molecular complexity index is 787. The monoisotopic (exact) mass is 396 g/mol. The molecule has 1 aromatic rings. The van der Waals surface area contributed by atoms with E-state index in [-0.39, 0.29) is 18.0 Å². The smallest absolute Gasteiger partial charge is 0.317 e. The first-order valence-electron chi connectivity index (χ1n) is 10.9. The van der Waals surface area contributed by atoms with Crippen LogP contribution in [0.4, 0.5) is 10.5 Å². The third-order valence-electron chi connectivity index (χ3n) is 6.42. The molecule has 2 saturated heterocycles. The van der Waals surface area contributed by atoms with E-state index in [4.69, 9.17) is 0 Å². The van der Waals surface area contributed by atoms with E-state index in [9.17, 15) is 9.59 Å². The predicted octanol–water partition coefficient (Wildman–Crippen LogP) is 3.46. The Kier molecular flexibility index (Phi) is 5.79. The number of amides is 3. The number of carbonyl (C=O) groups excluding carboxylic acids is 2. The van der Waals surface area contributed by atoms with Crippen LogP contribution in [0.2, 0.25) is 0 Å². The lowest BCUT2D eigenvalue weighted by Crippen LogP contribution is -2.42. The number of piperidine rings is 1. The van der Waals surface area contributed by atoms with Gasteiger partial charge in [-0.05, 0) is 68.7 Å². The summed E-state index contributed by atoms with van der Waals surface area (Å²) < 4.78 is 0. The number of hydrogen-bond acceptors (Lipinski definition) is 3. The van der Waals surface area contributed by atoms with Crippen molar-refractivity contribution < 1.29 is 9.59 Å². The third-order valence-corrected chi connectivity index (χ3v) is 6.42. The number of fused-ring (bicyclic) bond motifs is 1. The molecule has 0 radical (unpaired) electrons. The zero-order valence-electron chi connectivity index (χ0n) is 17.6. The first-order chi connectivity index (χ1) is 14.0. The maximum atomic E-state index is 13.1. The number of carbonyl (C=O) groups is 2. The van der Waals surface area contributed by atoms with Crippen LogP contribution in [0.5, 0.6) is 0 Å². The summed E-state index contributed by atoms with van der Waals surface area (Å²) in [6, 6.07) is 8.11. The van der Waals surface area contributed by atoms with Gasteiger partial charge < -0.3 is 20.0 Å². The van der Waals surface area contributed by atoms with E-state index in [2.05, 4.69) is 16.3 Å². The van der Waals surface area contributed by atoms with Crippen LogP contribution in [0.25, 0.3) is 0 Å². The minimum Gasteiger partial charge on any atom is -0.369 e. The van der Waals surface area contributed by atoms with Crippen molar-refractivity contribution in [2.75, 3.05) is 38.6 Å². The molecule has 1 aliphatic carbocycles. The summed E-state index contributed by atoms with van der Waals surface area (Å²) >= 11 is 0. The maximum Gasteiger partial charge on any atom is 0.317 e. The molecule has 6 heteroatoms. The standard InChI is InChI=1S/C23H32N4O2/c1-25(2)23(29)24-19-13-15-26(16-19)20-11-9-18(10-12-20)22(28)27-14-5-7-17-6-3-4-8-21(17)27/h8-12,17,19H,3-7,13-16H2,1-2H3,(H,24,29)/t17-,19?/m1/s1. The van der Waals surface area contributed by atoms with E-state index < -0.39 is 0 Å². The lowest BCUT2D eigenvalue weighted by atomic mass is 9.84. The fourth-order valence-electron chi connectivity index (χ4n) is 4.78. The number of likely N-dealkylation sites (tertiary alicyclic amines) is 1. The van der Waals surface area contributed by atoms with E-state index in [0.717, 1.165) is 50.1 Å². The Labute approximate surface area is 173 Å². The topological polar surface area (TPSA) is 55.9 Å². The number of allylic oxidation sites excluding steroid dienone is 2. The molecular weight excluding hydrogens is 364 g/mol. The van der Waals surface area contributed by atoms with Gasteiger partial charge in [0.1, 0.15) is 0 Å². The van der Waals surface area contributed by atoms with Crippen molar-refractivity contribution in [3.8, 4) is 0 Å². The van der Waals surface area contributed by atoms with Gasteiger partial charge in [0.2, 0.25) is 0 Å². The summed E-state index contributed by atoms with van der Waals surface area (Å²) in [5.41, 5.74) is 3.13. The maximum absolute atomic E-state index is 13.1. The molecule has 0 aromatic heterocycles. The van der Waals surface area contributed by atoms with Gasteiger partial charge in [-0.3, -0.25) is 4.79 Å². The van der Waals surface area contributed by atoms with Crippen molar-refractivity contribution in [1.82, 2.24) is 15.1 Å². The number of urea groups is 1. The molecule has 2 fully saturated rings. The largest absolute Gasteiger partial charge is 0.369 e. The Morgan fingerprint density at radius 3 is 2.55 bits per heavy atom. The molecule has 1 aromatic carbocycles. The van der Waals surface area contributed by atoms with Crippen LogP contribution in [0.1, 0.15) is 48.9 Å².